The van der Waals surface area contributed by atoms with E-state index in [1.165, 1.54) is 6.33 Å². The second-order valence-corrected chi connectivity index (χ2v) is 7.07. The molecule has 2 amide bonds. The van der Waals surface area contributed by atoms with E-state index in [0.717, 1.165) is 11.1 Å². The Balaban J connectivity index is 1.50. The zero-order valence-corrected chi connectivity index (χ0v) is 16.3. The van der Waals surface area contributed by atoms with Crippen LogP contribution in [0.15, 0.2) is 48.8 Å². The SMILES string of the molecule is Cc1ccc(Cl)cc1NC(=O)COc1ccccc1C1CC(=O)Nc2ncnn21. The van der Waals surface area contributed by atoms with Gasteiger partial charge in [0.05, 0.1) is 12.5 Å². The van der Waals surface area contributed by atoms with Crippen LogP contribution < -0.4 is 15.4 Å². The fourth-order valence-corrected chi connectivity index (χ4v) is 3.36. The smallest absolute Gasteiger partial charge is 0.262 e. The molecule has 0 fully saturated rings. The van der Waals surface area contributed by atoms with Crippen molar-refractivity contribution in [2.75, 3.05) is 17.2 Å². The Morgan fingerprint density at radius 3 is 3.03 bits per heavy atom. The molecule has 2 N–H and O–H groups in total. The van der Waals surface area contributed by atoms with Gasteiger partial charge in [0.1, 0.15) is 12.1 Å². The van der Waals surface area contributed by atoms with Crippen molar-refractivity contribution in [3.8, 4) is 5.75 Å². The molecule has 0 saturated heterocycles. The van der Waals surface area contributed by atoms with Gasteiger partial charge in [-0.15, -0.1) is 0 Å². The van der Waals surface area contributed by atoms with Crippen molar-refractivity contribution in [2.45, 2.75) is 19.4 Å². The zero-order chi connectivity index (χ0) is 20.4. The summed E-state index contributed by atoms with van der Waals surface area (Å²) in [6, 6.07) is 12.2. The first kappa shape index (κ1) is 18.9. The Kier molecular flexibility index (Phi) is 5.18. The maximum Gasteiger partial charge on any atom is 0.262 e. The fraction of sp³-hybridized carbons (Fsp3) is 0.200. The van der Waals surface area contributed by atoms with E-state index in [-0.39, 0.29) is 30.9 Å². The number of fused-ring (bicyclic) bond motifs is 1. The Morgan fingerprint density at radius 2 is 2.17 bits per heavy atom. The number of nitrogens with one attached hydrogen (secondary N) is 2. The van der Waals surface area contributed by atoms with Gasteiger partial charge < -0.3 is 10.1 Å². The van der Waals surface area contributed by atoms with Crippen LogP contribution in [0.4, 0.5) is 11.6 Å². The van der Waals surface area contributed by atoms with Crippen molar-refractivity contribution in [1.29, 1.82) is 0 Å². The average molecular weight is 412 g/mol. The third-order valence-electron chi connectivity index (χ3n) is 4.61. The summed E-state index contributed by atoms with van der Waals surface area (Å²) in [5.74, 6) is 0.425. The number of ether oxygens (including phenoxy) is 1. The first-order valence-corrected chi connectivity index (χ1v) is 9.36. The quantitative estimate of drug-likeness (QED) is 0.671. The van der Waals surface area contributed by atoms with E-state index in [9.17, 15) is 9.59 Å². The van der Waals surface area contributed by atoms with E-state index in [4.69, 9.17) is 16.3 Å². The van der Waals surface area contributed by atoms with Crippen LogP contribution in [0.2, 0.25) is 5.02 Å². The molecule has 148 valence electrons. The lowest BCUT2D eigenvalue weighted by molar-refractivity contribution is -0.118. The normalized spacial score (nSPS) is 15.4. The number of aromatic nitrogens is 3. The van der Waals surface area contributed by atoms with Crippen LogP contribution in [0.25, 0.3) is 0 Å². The van der Waals surface area contributed by atoms with Crippen LogP contribution in [0.3, 0.4) is 0 Å². The number of hydrogen-bond donors (Lipinski definition) is 2. The molecule has 0 aliphatic carbocycles. The summed E-state index contributed by atoms with van der Waals surface area (Å²) in [5.41, 5.74) is 2.28. The second kappa shape index (κ2) is 7.92. The second-order valence-electron chi connectivity index (χ2n) is 6.63. The molecule has 2 aromatic carbocycles. The average Bonchev–Trinajstić information content (AvgIpc) is 3.17. The third kappa shape index (κ3) is 4.07. The lowest BCUT2D eigenvalue weighted by atomic mass is 10.0. The highest BCUT2D eigenvalue weighted by atomic mass is 35.5. The fourth-order valence-electron chi connectivity index (χ4n) is 3.19. The number of benzene rings is 2. The van der Waals surface area contributed by atoms with Gasteiger partial charge in [0.25, 0.3) is 5.91 Å². The number of amides is 2. The van der Waals surface area contributed by atoms with E-state index < -0.39 is 0 Å². The van der Waals surface area contributed by atoms with E-state index in [2.05, 4.69) is 20.7 Å². The molecule has 0 bridgehead atoms. The number of carbonyl (C=O) groups is 2. The monoisotopic (exact) mass is 411 g/mol. The number of halogens is 1. The number of aryl methyl sites for hydroxylation is 1. The summed E-state index contributed by atoms with van der Waals surface area (Å²) in [6.07, 6.45) is 1.59. The molecule has 1 aliphatic rings. The molecule has 2 heterocycles. The van der Waals surface area contributed by atoms with E-state index >= 15 is 0 Å². The molecule has 9 heteroatoms. The Hall–Kier alpha value is -3.39. The highest BCUT2D eigenvalue weighted by molar-refractivity contribution is 6.31. The first-order chi connectivity index (χ1) is 14.0. The van der Waals surface area contributed by atoms with Crippen LogP contribution in [0, 0.1) is 6.92 Å². The molecule has 1 atom stereocenters. The molecule has 29 heavy (non-hydrogen) atoms. The lowest BCUT2D eigenvalue weighted by Gasteiger charge is -2.25. The number of rotatable bonds is 5. The first-order valence-electron chi connectivity index (χ1n) is 8.98. The molecule has 0 radical (unpaired) electrons. The van der Waals surface area contributed by atoms with Crippen LogP contribution in [0.5, 0.6) is 5.75 Å². The van der Waals surface area contributed by atoms with Gasteiger partial charge in [-0.05, 0) is 30.7 Å². The highest BCUT2D eigenvalue weighted by Crippen LogP contribution is 2.34. The van der Waals surface area contributed by atoms with Crippen molar-refractivity contribution >= 4 is 35.1 Å². The number of para-hydroxylation sites is 1. The maximum absolute atomic E-state index is 12.4. The van der Waals surface area contributed by atoms with Gasteiger partial charge in [-0.1, -0.05) is 35.9 Å². The molecule has 1 unspecified atom stereocenters. The van der Waals surface area contributed by atoms with Gasteiger partial charge in [-0.25, -0.2) is 4.68 Å². The minimum Gasteiger partial charge on any atom is -0.483 e. The number of carbonyl (C=O) groups excluding carboxylic acids is 2. The molecule has 8 nitrogen and oxygen atoms in total. The lowest BCUT2D eigenvalue weighted by Crippen LogP contribution is -2.29. The number of hydrogen-bond acceptors (Lipinski definition) is 5. The zero-order valence-electron chi connectivity index (χ0n) is 15.6. The van der Waals surface area contributed by atoms with Crippen molar-refractivity contribution in [2.24, 2.45) is 0 Å². The summed E-state index contributed by atoms with van der Waals surface area (Å²) < 4.78 is 7.42. The van der Waals surface area contributed by atoms with Crippen molar-refractivity contribution < 1.29 is 14.3 Å². The van der Waals surface area contributed by atoms with Crippen molar-refractivity contribution in [1.82, 2.24) is 14.8 Å². The number of nitrogens with zero attached hydrogens (tertiary/aromatic N) is 3. The van der Waals surface area contributed by atoms with Gasteiger partial charge in [0, 0.05) is 16.3 Å². The minimum atomic E-state index is -0.365. The summed E-state index contributed by atoms with van der Waals surface area (Å²) in [6.45, 7) is 1.69. The van der Waals surface area contributed by atoms with Crippen molar-refractivity contribution in [3.63, 3.8) is 0 Å². The van der Waals surface area contributed by atoms with Crippen LogP contribution in [-0.2, 0) is 9.59 Å². The molecule has 1 aliphatic heterocycles. The molecule has 0 saturated carbocycles. The Bertz CT molecular complexity index is 1080. The Morgan fingerprint density at radius 1 is 1.34 bits per heavy atom. The van der Waals surface area contributed by atoms with E-state index in [1.54, 1.807) is 22.9 Å². The largest absolute Gasteiger partial charge is 0.483 e. The van der Waals surface area contributed by atoms with Gasteiger partial charge in [0.2, 0.25) is 11.9 Å². The van der Waals surface area contributed by atoms with Crippen LogP contribution in [0.1, 0.15) is 23.6 Å². The summed E-state index contributed by atoms with van der Waals surface area (Å²) in [4.78, 5) is 28.5. The molecule has 4 rings (SSSR count). The summed E-state index contributed by atoms with van der Waals surface area (Å²) in [7, 11) is 0. The van der Waals surface area contributed by atoms with Crippen LogP contribution >= 0.6 is 11.6 Å². The molecule has 1 aromatic heterocycles. The van der Waals surface area contributed by atoms with Gasteiger partial charge in [-0.2, -0.15) is 10.1 Å². The van der Waals surface area contributed by atoms with Gasteiger partial charge in [-0.3, -0.25) is 14.9 Å². The summed E-state index contributed by atoms with van der Waals surface area (Å²) in [5, 5.41) is 10.2. The molecule has 0 spiro atoms. The third-order valence-corrected chi connectivity index (χ3v) is 4.84. The predicted molar refractivity (Wildman–Crippen MR) is 108 cm³/mol. The van der Waals surface area contributed by atoms with Gasteiger partial charge >= 0.3 is 0 Å². The van der Waals surface area contributed by atoms with E-state index in [0.29, 0.717) is 22.4 Å². The van der Waals surface area contributed by atoms with Crippen LogP contribution in [-0.4, -0.2) is 33.2 Å². The van der Waals surface area contributed by atoms with Gasteiger partial charge in [0.15, 0.2) is 6.61 Å². The minimum absolute atomic E-state index is 0.153. The van der Waals surface area contributed by atoms with Crippen molar-refractivity contribution in [3.05, 3.63) is 64.9 Å². The standard InChI is InChI=1S/C20H18ClN5O3/c1-12-6-7-13(21)8-15(12)24-19(28)10-29-17-5-3-2-4-14(17)16-9-18(27)25-20-22-11-23-26(16)20/h2-8,11,16H,9-10H2,1H3,(H,24,28)(H,22,23,25,27). The number of anilines is 2. The summed E-state index contributed by atoms with van der Waals surface area (Å²) >= 11 is 6.00. The molecular formula is C20H18ClN5O3. The Labute approximate surface area is 171 Å². The topological polar surface area (TPSA) is 98.1 Å². The molecular weight excluding hydrogens is 394 g/mol. The maximum atomic E-state index is 12.4. The molecule has 3 aromatic rings. The highest BCUT2D eigenvalue weighted by Gasteiger charge is 2.29. The van der Waals surface area contributed by atoms with E-state index in [1.807, 2.05) is 31.2 Å². The predicted octanol–water partition coefficient (Wildman–Crippen LogP) is 3.19.